The molecule has 0 aromatic heterocycles. The number of nitrogens with one attached hydrogen (secondary N) is 1. The van der Waals surface area contributed by atoms with Crippen molar-refractivity contribution in [2.24, 2.45) is 5.73 Å². The lowest BCUT2D eigenvalue weighted by Crippen LogP contribution is -2.46. The molecule has 9 nitrogen and oxygen atoms in total. The summed E-state index contributed by atoms with van der Waals surface area (Å²) in [6.07, 6.45) is 40.6. The van der Waals surface area contributed by atoms with Crippen LogP contribution in [0.3, 0.4) is 0 Å². The van der Waals surface area contributed by atoms with Crippen LogP contribution in [0.2, 0.25) is 0 Å². The van der Waals surface area contributed by atoms with Crippen molar-refractivity contribution in [1.29, 1.82) is 0 Å². The number of hydrogen-bond donors (Lipinski definition) is 5. The van der Waals surface area contributed by atoms with Gasteiger partial charge in [0.2, 0.25) is 5.91 Å². The maximum atomic E-state index is 12.7. The summed E-state index contributed by atoms with van der Waals surface area (Å²) >= 11 is 0. The van der Waals surface area contributed by atoms with Crippen LogP contribution in [-0.4, -0.2) is 59.0 Å². The fourth-order valence-electron chi connectivity index (χ4n) is 5.31. The summed E-state index contributed by atoms with van der Waals surface area (Å²) < 4.78 is 21.9. The SMILES string of the molecule is C/C=C/CC/C=C/CC/C=C/C(O)C(COP(=O)(O)OCCN)NC(=O)CC(O)CCCCCCCCCCCCCC/C=C\C/C=C\CC. The van der Waals surface area contributed by atoms with Gasteiger partial charge in [-0.2, -0.15) is 0 Å². The van der Waals surface area contributed by atoms with E-state index in [9.17, 15) is 24.5 Å². The lowest BCUT2D eigenvalue weighted by Gasteiger charge is -2.24. The van der Waals surface area contributed by atoms with E-state index < -0.39 is 38.6 Å². The predicted octanol–water partition coefficient (Wildman–Crippen LogP) is 9.30. The highest BCUT2D eigenvalue weighted by atomic mass is 31.2. The number of carbonyl (C=O) groups is 1. The molecule has 4 unspecified atom stereocenters. The van der Waals surface area contributed by atoms with E-state index in [0.717, 1.165) is 51.4 Å². The fourth-order valence-corrected chi connectivity index (χ4v) is 6.07. The molecule has 0 fully saturated rings. The molecule has 1 amide bonds. The van der Waals surface area contributed by atoms with E-state index in [0.29, 0.717) is 12.8 Å². The predicted molar refractivity (Wildman–Crippen MR) is 209 cm³/mol. The number of amides is 1. The monoisotopic (exact) mass is 725 g/mol. The van der Waals surface area contributed by atoms with Crippen molar-refractivity contribution in [3.63, 3.8) is 0 Å². The van der Waals surface area contributed by atoms with Crippen LogP contribution in [0.4, 0.5) is 0 Å². The summed E-state index contributed by atoms with van der Waals surface area (Å²) in [5.74, 6) is -0.467. The lowest BCUT2D eigenvalue weighted by molar-refractivity contribution is -0.124. The molecule has 0 rings (SSSR count). The van der Waals surface area contributed by atoms with Crippen molar-refractivity contribution < 1.29 is 33.5 Å². The zero-order chi connectivity index (χ0) is 37.0. The molecule has 4 atom stereocenters. The Morgan fingerprint density at radius 2 is 1.28 bits per heavy atom. The number of hydrogen-bond acceptors (Lipinski definition) is 7. The van der Waals surface area contributed by atoms with Gasteiger partial charge in [0.05, 0.1) is 37.9 Å². The first-order valence-corrected chi connectivity index (χ1v) is 21.0. The Morgan fingerprint density at radius 1 is 0.740 bits per heavy atom. The summed E-state index contributed by atoms with van der Waals surface area (Å²) in [6.45, 7) is 3.58. The Kier molecular flexibility index (Phi) is 34.2. The molecule has 50 heavy (non-hydrogen) atoms. The van der Waals surface area contributed by atoms with Crippen LogP contribution in [0, 0.1) is 0 Å². The fraction of sp³-hybridized carbons (Fsp3) is 0.725. The van der Waals surface area contributed by atoms with Crippen molar-refractivity contribution in [3.05, 3.63) is 60.8 Å². The first-order chi connectivity index (χ1) is 24.3. The van der Waals surface area contributed by atoms with E-state index in [4.69, 9.17) is 14.8 Å². The first-order valence-electron chi connectivity index (χ1n) is 19.5. The average Bonchev–Trinajstić information content (AvgIpc) is 3.09. The molecule has 0 saturated carbocycles. The highest BCUT2D eigenvalue weighted by Gasteiger charge is 2.27. The number of aliphatic hydroxyl groups is 2. The quantitative estimate of drug-likeness (QED) is 0.0247. The van der Waals surface area contributed by atoms with Crippen LogP contribution < -0.4 is 11.1 Å². The topological polar surface area (TPSA) is 151 Å². The molecule has 0 spiro atoms. The average molecular weight is 725 g/mol. The number of unbranched alkanes of at least 4 members (excludes halogenated alkanes) is 14. The molecule has 10 heteroatoms. The number of phosphoric ester groups is 1. The van der Waals surface area contributed by atoms with Crippen LogP contribution in [0.15, 0.2) is 60.8 Å². The van der Waals surface area contributed by atoms with Gasteiger partial charge in [0.1, 0.15) is 0 Å². The second-order valence-electron chi connectivity index (χ2n) is 12.9. The smallest absolute Gasteiger partial charge is 0.393 e. The number of carbonyl (C=O) groups excluding carboxylic acids is 1. The third-order valence-electron chi connectivity index (χ3n) is 8.20. The van der Waals surface area contributed by atoms with Gasteiger partial charge in [-0.1, -0.05) is 138 Å². The van der Waals surface area contributed by atoms with Gasteiger partial charge in [0, 0.05) is 6.54 Å². The van der Waals surface area contributed by atoms with E-state index in [1.165, 1.54) is 70.3 Å². The van der Waals surface area contributed by atoms with Crippen molar-refractivity contribution in [2.75, 3.05) is 19.8 Å². The Bertz CT molecular complexity index is 983. The second-order valence-corrected chi connectivity index (χ2v) is 14.4. The van der Waals surface area contributed by atoms with E-state index >= 15 is 0 Å². The summed E-state index contributed by atoms with van der Waals surface area (Å²) in [7, 11) is -4.40. The van der Waals surface area contributed by atoms with Gasteiger partial charge in [0.25, 0.3) is 0 Å². The highest BCUT2D eigenvalue weighted by Crippen LogP contribution is 2.43. The van der Waals surface area contributed by atoms with Gasteiger partial charge >= 0.3 is 7.82 Å². The third-order valence-corrected chi connectivity index (χ3v) is 9.19. The minimum Gasteiger partial charge on any atom is -0.393 e. The van der Waals surface area contributed by atoms with Gasteiger partial charge in [-0.05, 0) is 64.7 Å². The summed E-state index contributed by atoms with van der Waals surface area (Å²) in [6, 6.07) is -1.00. The molecule has 0 aromatic rings. The molecule has 0 aromatic carbocycles. The molecular formula is C40H73N2O7P. The Hall–Kier alpha value is -1.84. The molecule has 6 N–H and O–H groups in total. The molecule has 0 aliphatic rings. The minimum absolute atomic E-state index is 0.0397. The van der Waals surface area contributed by atoms with Crippen molar-refractivity contribution >= 4 is 13.7 Å². The number of phosphoric acid groups is 1. The van der Waals surface area contributed by atoms with Crippen LogP contribution in [0.1, 0.15) is 149 Å². The van der Waals surface area contributed by atoms with E-state index in [1.807, 2.05) is 13.0 Å². The number of aliphatic hydroxyl groups excluding tert-OH is 2. The van der Waals surface area contributed by atoms with Gasteiger partial charge in [-0.3, -0.25) is 13.8 Å². The first kappa shape index (κ1) is 48.2. The maximum Gasteiger partial charge on any atom is 0.472 e. The van der Waals surface area contributed by atoms with Gasteiger partial charge in [-0.25, -0.2) is 4.57 Å². The van der Waals surface area contributed by atoms with Gasteiger partial charge in [-0.15, -0.1) is 0 Å². The third kappa shape index (κ3) is 33.3. The molecule has 0 radical (unpaired) electrons. The summed E-state index contributed by atoms with van der Waals surface area (Å²) in [4.78, 5) is 22.6. The molecule has 0 aliphatic carbocycles. The van der Waals surface area contributed by atoms with Crippen LogP contribution in [0.25, 0.3) is 0 Å². The number of nitrogens with two attached hydrogens (primary N) is 1. The molecule has 0 heterocycles. The molecule has 0 saturated heterocycles. The molecular weight excluding hydrogens is 651 g/mol. The molecule has 290 valence electrons. The summed E-state index contributed by atoms with van der Waals surface area (Å²) in [5, 5.41) is 23.9. The van der Waals surface area contributed by atoms with E-state index in [2.05, 4.69) is 54.8 Å². The zero-order valence-electron chi connectivity index (χ0n) is 31.5. The standard InChI is InChI=1S/C40H73N2O7P/c1-3-5-7-9-11-13-14-15-16-17-18-19-20-21-22-24-25-27-29-31-37(43)35-40(45)42-38(36-49-50(46,47)48-34-33-41)39(44)32-30-28-26-23-12-10-8-6-4-2/h4-7,11-13,23,30,32,37-39,43-44H,3,8-10,14-22,24-29,31,33-36,41H2,1-2H3,(H,42,45)(H,46,47)/b6-4+,7-5-,13-11-,23-12+,32-30+. The molecule has 0 aliphatic heterocycles. The van der Waals surface area contributed by atoms with Crippen molar-refractivity contribution in [3.8, 4) is 0 Å². The number of allylic oxidation sites excluding steroid dienone is 9. The zero-order valence-corrected chi connectivity index (χ0v) is 32.4. The lowest BCUT2D eigenvalue weighted by atomic mass is 10.0. The van der Waals surface area contributed by atoms with E-state index in [1.54, 1.807) is 6.08 Å². The van der Waals surface area contributed by atoms with Gasteiger partial charge in [0.15, 0.2) is 0 Å². The Labute approximate surface area is 305 Å². The van der Waals surface area contributed by atoms with Crippen molar-refractivity contribution in [2.45, 2.75) is 167 Å². The van der Waals surface area contributed by atoms with Crippen LogP contribution in [-0.2, 0) is 18.4 Å². The normalized spacial score (nSPS) is 15.6. The van der Waals surface area contributed by atoms with Crippen molar-refractivity contribution in [1.82, 2.24) is 5.32 Å². The molecule has 0 bridgehead atoms. The largest absolute Gasteiger partial charge is 0.472 e. The Balaban J connectivity index is 4.26. The Morgan fingerprint density at radius 3 is 1.88 bits per heavy atom. The maximum absolute atomic E-state index is 12.7. The van der Waals surface area contributed by atoms with Gasteiger partial charge < -0.3 is 26.2 Å². The second kappa shape index (κ2) is 35.6. The van der Waals surface area contributed by atoms with E-state index in [-0.39, 0.29) is 19.6 Å². The summed E-state index contributed by atoms with van der Waals surface area (Å²) in [5.41, 5.74) is 5.33. The minimum atomic E-state index is -4.40. The van der Waals surface area contributed by atoms with Crippen LogP contribution in [0.5, 0.6) is 0 Å². The van der Waals surface area contributed by atoms with Crippen LogP contribution >= 0.6 is 7.82 Å². The highest BCUT2D eigenvalue weighted by molar-refractivity contribution is 7.47. The number of rotatable bonds is 35.